The molecule has 1 atom stereocenters. The van der Waals surface area contributed by atoms with Gasteiger partial charge >= 0.3 is 0 Å². The SMILES string of the molecule is Cc1cc(F)c(N)cc1S(=O)(=O)NCC1CCCO1. The Balaban J connectivity index is 2.16. The van der Waals surface area contributed by atoms with Gasteiger partial charge in [0.2, 0.25) is 10.0 Å². The van der Waals surface area contributed by atoms with Crippen LogP contribution in [0, 0.1) is 12.7 Å². The van der Waals surface area contributed by atoms with Gasteiger partial charge in [-0.15, -0.1) is 0 Å². The van der Waals surface area contributed by atoms with Gasteiger partial charge in [0, 0.05) is 13.2 Å². The molecule has 3 N–H and O–H groups in total. The molecule has 0 amide bonds. The van der Waals surface area contributed by atoms with Crippen molar-refractivity contribution in [2.75, 3.05) is 18.9 Å². The van der Waals surface area contributed by atoms with Crippen molar-refractivity contribution in [2.45, 2.75) is 30.8 Å². The molecule has 1 aromatic rings. The van der Waals surface area contributed by atoms with Crippen LogP contribution in [0.15, 0.2) is 17.0 Å². The zero-order chi connectivity index (χ0) is 14.0. The van der Waals surface area contributed by atoms with Crippen molar-refractivity contribution in [1.82, 2.24) is 4.72 Å². The van der Waals surface area contributed by atoms with E-state index in [2.05, 4.69) is 4.72 Å². The lowest BCUT2D eigenvalue weighted by molar-refractivity contribution is 0.114. The van der Waals surface area contributed by atoms with Gasteiger partial charge in [0.15, 0.2) is 0 Å². The predicted molar refractivity (Wildman–Crippen MR) is 69.7 cm³/mol. The molecule has 1 aromatic carbocycles. The first kappa shape index (κ1) is 14.2. The maximum Gasteiger partial charge on any atom is 0.240 e. The summed E-state index contributed by atoms with van der Waals surface area (Å²) >= 11 is 0. The number of hydrogen-bond donors (Lipinski definition) is 2. The largest absolute Gasteiger partial charge is 0.396 e. The number of nitrogens with one attached hydrogen (secondary N) is 1. The standard InChI is InChI=1S/C12H17FN2O3S/c1-8-5-10(13)11(14)6-12(8)19(16,17)15-7-9-3-2-4-18-9/h5-6,9,15H,2-4,7,14H2,1H3. The minimum Gasteiger partial charge on any atom is -0.396 e. The number of ether oxygens (including phenoxy) is 1. The van der Waals surface area contributed by atoms with Crippen molar-refractivity contribution < 1.29 is 17.5 Å². The van der Waals surface area contributed by atoms with Gasteiger partial charge in [-0.25, -0.2) is 17.5 Å². The summed E-state index contributed by atoms with van der Waals surface area (Å²) in [5.41, 5.74) is 5.56. The van der Waals surface area contributed by atoms with Gasteiger partial charge in [-0.3, -0.25) is 0 Å². The van der Waals surface area contributed by atoms with Crippen molar-refractivity contribution in [3.63, 3.8) is 0 Å². The summed E-state index contributed by atoms with van der Waals surface area (Å²) in [6.07, 6.45) is 1.69. The predicted octanol–water partition coefficient (Wildman–Crippen LogP) is 1.17. The Labute approximate surface area is 112 Å². The monoisotopic (exact) mass is 288 g/mol. The summed E-state index contributed by atoms with van der Waals surface area (Å²) in [4.78, 5) is 0.00407. The number of hydrogen-bond acceptors (Lipinski definition) is 4. The van der Waals surface area contributed by atoms with Gasteiger partial charge in [-0.2, -0.15) is 0 Å². The number of nitrogen functional groups attached to an aromatic ring is 1. The van der Waals surface area contributed by atoms with Gasteiger partial charge in [0.25, 0.3) is 0 Å². The van der Waals surface area contributed by atoms with Crippen LogP contribution in [0.5, 0.6) is 0 Å². The van der Waals surface area contributed by atoms with Crippen LogP contribution in [-0.4, -0.2) is 27.7 Å². The Hall–Kier alpha value is -1.18. The zero-order valence-corrected chi connectivity index (χ0v) is 11.5. The third-order valence-electron chi connectivity index (χ3n) is 3.11. The van der Waals surface area contributed by atoms with Crippen LogP contribution in [-0.2, 0) is 14.8 Å². The Kier molecular flexibility index (Phi) is 4.07. The van der Waals surface area contributed by atoms with E-state index >= 15 is 0 Å². The fourth-order valence-electron chi connectivity index (χ4n) is 2.04. The van der Waals surface area contributed by atoms with E-state index in [0.29, 0.717) is 12.2 Å². The van der Waals surface area contributed by atoms with Gasteiger partial charge in [-0.1, -0.05) is 0 Å². The van der Waals surface area contributed by atoms with E-state index < -0.39 is 15.8 Å². The molecular weight excluding hydrogens is 271 g/mol. The van der Waals surface area contributed by atoms with E-state index in [1.54, 1.807) is 0 Å². The molecule has 0 radical (unpaired) electrons. The molecule has 1 unspecified atom stereocenters. The molecule has 0 bridgehead atoms. The van der Waals surface area contributed by atoms with Crippen molar-refractivity contribution in [3.05, 3.63) is 23.5 Å². The molecule has 5 nitrogen and oxygen atoms in total. The summed E-state index contributed by atoms with van der Waals surface area (Å²) in [5.74, 6) is -0.615. The first-order valence-electron chi connectivity index (χ1n) is 6.07. The third-order valence-corrected chi connectivity index (χ3v) is 4.67. The van der Waals surface area contributed by atoms with Gasteiger partial charge in [-0.05, 0) is 37.5 Å². The van der Waals surface area contributed by atoms with Crippen LogP contribution in [0.2, 0.25) is 0 Å². The Morgan fingerprint density at radius 1 is 1.53 bits per heavy atom. The number of anilines is 1. The number of sulfonamides is 1. The summed E-state index contributed by atoms with van der Waals surface area (Å²) in [6.45, 7) is 2.41. The maximum atomic E-state index is 13.2. The van der Waals surface area contributed by atoms with Gasteiger partial charge in [0.1, 0.15) is 5.82 Å². The lowest BCUT2D eigenvalue weighted by Crippen LogP contribution is -2.32. The molecule has 0 spiro atoms. The Morgan fingerprint density at radius 2 is 2.26 bits per heavy atom. The number of halogens is 1. The normalized spacial score (nSPS) is 19.8. The summed E-state index contributed by atoms with van der Waals surface area (Å²) in [6, 6.07) is 2.26. The first-order chi connectivity index (χ1) is 8.90. The van der Waals surface area contributed by atoms with Crippen molar-refractivity contribution >= 4 is 15.7 Å². The lowest BCUT2D eigenvalue weighted by atomic mass is 10.2. The average Bonchev–Trinajstić information content (AvgIpc) is 2.84. The van der Waals surface area contributed by atoms with Gasteiger partial charge < -0.3 is 10.5 Å². The molecule has 1 fully saturated rings. The smallest absolute Gasteiger partial charge is 0.240 e. The number of rotatable bonds is 4. The van der Waals surface area contributed by atoms with E-state index in [-0.39, 0.29) is 23.2 Å². The number of aryl methyl sites for hydroxylation is 1. The highest BCUT2D eigenvalue weighted by molar-refractivity contribution is 7.89. The molecule has 0 aliphatic carbocycles. The highest BCUT2D eigenvalue weighted by atomic mass is 32.2. The molecule has 1 heterocycles. The molecular formula is C12H17FN2O3S. The molecule has 106 valence electrons. The minimum atomic E-state index is -3.69. The van der Waals surface area contributed by atoms with Crippen molar-refractivity contribution in [1.29, 1.82) is 0 Å². The van der Waals surface area contributed by atoms with Crippen LogP contribution in [0.4, 0.5) is 10.1 Å². The van der Waals surface area contributed by atoms with Crippen LogP contribution in [0.25, 0.3) is 0 Å². The topological polar surface area (TPSA) is 81.4 Å². The minimum absolute atomic E-state index is 0.00407. The molecule has 0 aromatic heterocycles. The Bertz CT molecular complexity index is 569. The van der Waals surface area contributed by atoms with Crippen molar-refractivity contribution in [3.8, 4) is 0 Å². The summed E-state index contributed by atoms with van der Waals surface area (Å²) in [5, 5.41) is 0. The number of nitrogens with two attached hydrogens (primary N) is 1. The van der Waals surface area contributed by atoms with E-state index in [1.165, 1.54) is 6.92 Å². The van der Waals surface area contributed by atoms with Crippen LogP contribution >= 0.6 is 0 Å². The quantitative estimate of drug-likeness (QED) is 0.815. The summed E-state index contributed by atoms with van der Waals surface area (Å²) < 4.78 is 45.3. The van der Waals surface area contributed by atoms with Crippen molar-refractivity contribution in [2.24, 2.45) is 0 Å². The molecule has 2 rings (SSSR count). The molecule has 7 heteroatoms. The second kappa shape index (κ2) is 5.44. The molecule has 1 saturated heterocycles. The molecule has 1 aliphatic heterocycles. The highest BCUT2D eigenvalue weighted by Crippen LogP contribution is 2.21. The maximum absolute atomic E-state index is 13.2. The fourth-order valence-corrected chi connectivity index (χ4v) is 3.37. The molecule has 0 saturated carbocycles. The van der Waals surface area contributed by atoms with Crippen LogP contribution < -0.4 is 10.5 Å². The second-order valence-corrected chi connectivity index (χ2v) is 6.36. The van der Waals surface area contributed by atoms with E-state index in [0.717, 1.165) is 25.0 Å². The number of benzene rings is 1. The second-order valence-electron chi connectivity index (χ2n) is 4.63. The van der Waals surface area contributed by atoms with Crippen LogP contribution in [0.1, 0.15) is 18.4 Å². The van der Waals surface area contributed by atoms with E-state index in [4.69, 9.17) is 10.5 Å². The van der Waals surface area contributed by atoms with E-state index in [9.17, 15) is 12.8 Å². The average molecular weight is 288 g/mol. The first-order valence-corrected chi connectivity index (χ1v) is 7.55. The third kappa shape index (κ3) is 3.23. The fraction of sp³-hybridized carbons (Fsp3) is 0.500. The van der Waals surface area contributed by atoms with Gasteiger partial charge in [0.05, 0.1) is 16.7 Å². The molecule has 19 heavy (non-hydrogen) atoms. The summed E-state index contributed by atoms with van der Waals surface area (Å²) in [7, 11) is -3.69. The lowest BCUT2D eigenvalue weighted by Gasteiger charge is -2.13. The Morgan fingerprint density at radius 3 is 2.89 bits per heavy atom. The highest BCUT2D eigenvalue weighted by Gasteiger charge is 2.22. The zero-order valence-electron chi connectivity index (χ0n) is 10.6. The molecule has 1 aliphatic rings. The van der Waals surface area contributed by atoms with E-state index in [1.807, 2.05) is 0 Å². The van der Waals surface area contributed by atoms with Crippen LogP contribution in [0.3, 0.4) is 0 Å².